The van der Waals surface area contributed by atoms with Crippen LogP contribution in [-0.2, 0) is 0 Å². The van der Waals surface area contributed by atoms with Gasteiger partial charge in [0.25, 0.3) is 5.91 Å². The zero-order valence-corrected chi connectivity index (χ0v) is 20.7. The number of benzene rings is 3. The second-order valence-electron chi connectivity index (χ2n) is 8.55. The van der Waals surface area contributed by atoms with Gasteiger partial charge in [-0.15, -0.1) is 0 Å². The molecule has 3 aromatic rings. The van der Waals surface area contributed by atoms with Gasteiger partial charge < -0.3 is 15.5 Å². The molecule has 1 atom stereocenters. The molecule has 0 spiro atoms. The van der Waals surface area contributed by atoms with Crippen LogP contribution in [0.15, 0.2) is 72.8 Å². The number of halogens is 1. The van der Waals surface area contributed by atoms with Gasteiger partial charge in [0.1, 0.15) is 0 Å². The summed E-state index contributed by atoms with van der Waals surface area (Å²) >= 11 is 6.17. The molecule has 0 aliphatic carbocycles. The molecule has 0 saturated carbocycles. The Balaban J connectivity index is 1.64. The first-order chi connectivity index (χ1) is 16.6. The van der Waals surface area contributed by atoms with Crippen molar-refractivity contribution in [3.05, 3.63) is 94.5 Å². The zero-order chi connectivity index (χ0) is 23.9. The van der Waals surface area contributed by atoms with Crippen LogP contribution in [0.4, 0.5) is 11.4 Å². The number of piperazine rings is 1. The predicted molar refractivity (Wildman–Crippen MR) is 141 cm³/mol. The van der Waals surface area contributed by atoms with Gasteiger partial charge in [0, 0.05) is 61.2 Å². The lowest BCUT2D eigenvalue weighted by Gasteiger charge is -2.36. The van der Waals surface area contributed by atoms with Crippen molar-refractivity contribution in [2.75, 3.05) is 44.6 Å². The number of carbonyl (C=O) groups excluding carboxylic acids is 1. The van der Waals surface area contributed by atoms with Crippen molar-refractivity contribution in [1.29, 1.82) is 0 Å². The summed E-state index contributed by atoms with van der Waals surface area (Å²) in [5.41, 5.74) is 5.13. The molecule has 34 heavy (non-hydrogen) atoms. The van der Waals surface area contributed by atoms with Gasteiger partial charge in [-0.1, -0.05) is 41.9 Å². The molecule has 1 aliphatic rings. The highest BCUT2D eigenvalue weighted by Gasteiger charge is 2.24. The van der Waals surface area contributed by atoms with E-state index in [0.29, 0.717) is 18.1 Å². The van der Waals surface area contributed by atoms with Gasteiger partial charge in [0.15, 0.2) is 0 Å². The molecule has 4 rings (SSSR count). The van der Waals surface area contributed by atoms with E-state index in [9.17, 15) is 4.79 Å². The molecule has 2 N–H and O–H groups in total. The standard InChI is InChI=1S/C28H33ClN4O/c1-3-32(4-2)28(34)22-13-11-21(12-14-22)27(33-17-15-30-16-18-33)23-7-5-9-25(19-23)31-26-10-6-8-24(29)20-26/h5-14,19-20,27,30-31H,3-4,15-18H2,1-2H3/t27-/m1/s1. The van der Waals surface area contributed by atoms with Crippen molar-refractivity contribution in [3.8, 4) is 0 Å². The molecule has 1 aliphatic heterocycles. The number of anilines is 2. The normalized spacial score (nSPS) is 15.0. The number of amides is 1. The smallest absolute Gasteiger partial charge is 0.253 e. The lowest BCUT2D eigenvalue weighted by atomic mass is 9.95. The van der Waals surface area contributed by atoms with E-state index in [1.807, 2.05) is 55.1 Å². The third-order valence-electron chi connectivity index (χ3n) is 6.36. The summed E-state index contributed by atoms with van der Waals surface area (Å²) in [6.07, 6.45) is 0. The van der Waals surface area contributed by atoms with Crippen molar-refractivity contribution in [2.24, 2.45) is 0 Å². The maximum absolute atomic E-state index is 12.8. The van der Waals surface area contributed by atoms with Crippen LogP contribution in [0.2, 0.25) is 5.02 Å². The fourth-order valence-electron chi connectivity index (χ4n) is 4.58. The Morgan fingerprint density at radius 3 is 2.24 bits per heavy atom. The maximum atomic E-state index is 12.8. The van der Waals surface area contributed by atoms with E-state index >= 15 is 0 Å². The highest BCUT2D eigenvalue weighted by Crippen LogP contribution is 2.32. The molecule has 5 nitrogen and oxygen atoms in total. The Morgan fingerprint density at radius 2 is 1.59 bits per heavy atom. The van der Waals surface area contributed by atoms with E-state index in [-0.39, 0.29) is 11.9 Å². The number of hydrogen-bond donors (Lipinski definition) is 2. The fraction of sp³-hybridized carbons (Fsp3) is 0.321. The Labute approximate surface area is 207 Å². The number of carbonyl (C=O) groups is 1. The Hall–Kier alpha value is -2.86. The van der Waals surface area contributed by atoms with Gasteiger partial charge in [-0.3, -0.25) is 9.69 Å². The van der Waals surface area contributed by atoms with Gasteiger partial charge in [-0.05, 0) is 67.4 Å². The summed E-state index contributed by atoms with van der Waals surface area (Å²) < 4.78 is 0. The molecular weight excluding hydrogens is 444 g/mol. The van der Waals surface area contributed by atoms with Crippen LogP contribution in [0, 0.1) is 0 Å². The monoisotopic (exact) mass is 476 g/mol. The Kier molecular flexibility index (Phi) is 8.22. The van der Waals surface area contributed by atoms with Crippen molar-refractivity contribution >= 4 is 28.9 Å². The van der Waals surface area contributed by atoms with Gasteiger partial charge in [0.2, 0.25) is 0 Å². The first-order valence-corrected chi connectivity index (χ1v) is 12.4. The van der Waals surface area contributed by atoms with E-state index < -0.39 is 0 Å². The summed E-state index contributed by atoms with van der Waals surface area (Å²) in [6.45, 7) is 9.33. The summed E-state index contributed by atoms with van der Waals surface area (Å²) in [5, 5.41) is 7.64. The molecule has 0 aromatic heterocycles. The predicted octanol–water partition coefficient (Wildman–Crippen LogP) is 5.56. The van der Waals surface area contributed by atoms with E-state index in [2.05, 4.69) is 51.9 Å². The number of nitrogens with zero attached hydrogens (tertiary/aromatic N) is 2. The average molecular weight is 477 g/mol. The summed E-state index contributed by atoms with van der Waals surface area (Å²) in [5.74, 6) is 0.0861. The number of rotatable bonds is 8. The van der Waals surface area contributed by atoms with Crippen molar-refractivity contribution in [2.45, 2.75) is 19.9 Å². The van der Waals surface area contributed by atoms with E-state index in [4.69, 9.17) is 11.6 Å². The van der Waals surface area contributed by atoms with E-state index in [0.717, 1.165) is 43.1 Å². The second-order valence-corrected chi connectivity index (χ2v) is 8.99. The lowest BCUT2D eigenvalue weighted by molar-refractivity contribution is 0.0773. The molecule has 6 heteroatoms. The molecule has 0 radical (unpaired) electrons. The van der Waals surface area contributed by atoms with Gasteiger partial charge in [-0.25, -0.2) is 0 Å². The van der Waals surface area contributed by atoms with Crippen LogP contribution in [0.25, 0.3) is 0 Å². The minimum absolute atomic E-state index is 0.0861. The largest absolute Gasteiger partial charge is 0.355 e. The average Bonchev–Trinajstić information content (AvgIpc) is 2.86. The van der Waals surface area contributed by atoms with Crippen LogP contribution in [-0.4, -0.2) is 55.0 Å². The fourth-order valence-corrected chi connectivity index (χ4v) is 4.77. The van der Waals surface area contributed by atoms with Crippen LogP contribution in [0.5, 0.6) is 0 Å². The number of nitrogens with one attached hydrogen (secondary N) is 2. The number of hydrogen-bond acceptors (Lipinski definition) is 4. The third-order valence-corrected chi connectivity index (χ3v) is 6.59. The SMILES string of the molecule is CCN(CC)C(=O)c1ccc([C@H](c2cccc(Nc3cccc(Cl)c3)c2)N2CCNCC2)cc1. The quantitative estimate of drug-likeness (QED) is 0.447. The van der Waals surface area contributed by atoms with E-state index in [1.165, 1.54) is 11.1 Å². The van der Waals surface area contributed by atoms with Gasteiger partial charge in [-0.2, -0.15) is 0 Å². The van der Waals surface area contributed by atoms with Gasteiger partial charge >= 0.3 is 0 Å². The first-order valence-electron chi connectivity index (χ1n) is 12.1. The zero-order valence-electron chi connectivity index (χ0n) is 19.9. The maximum Gasteiger partial charge on any atom is 0.253 e. The minimum Gasteiger partial charge on any atom is -0.355 e. The van der Waals surface area contributed by atoms with Crippen LogP contribution in [0.3, 0.4) is 0 Å². The molecule has 0 unspecified atom stereocenters. The van der Waals surface area contributed by atoms with Crippen molar-refractivity contribution in [3.63, 3.8) is 0 Å². The van der Waals surface area contributed by atoms with Crippen LogP contribution >= 0.6 is 11.6 Å². The topological polar surface area (TPSA) is 47.6 Å². The molecule has 0 bridgehead atoms. The van der Waals surface area contributed by atoms with E-state index in [1.54, 1.807) is 0 Å². The molecule has 1 heterocycles. The molecule has 1 amide bonds. The summed E-state index contributed by atoms with van der Waals surface area (Å²) in [7, 11) is 0. The van der Waals surface area contributed by atoms with Crippen LogP contribution in [0.1, 0.15) is 41.4 Å². The third kappa shape index (κ3) is 5.79. The second kappa shape index (κ2) is 11.5. The van der Waals surface area contributed by atoms with Crippen LogP contribution < -0.4 is 10.6 Å². The highest BCUT2D eigenvalue weighted by atomic mass is 35.5. The molecule has 178 valence electrons. The Bertz CT molecular complexity index is 1090. The minimum atomic E-state index is 0.0861. The lowest BCUT2D eigenvalue weighted by Crippen LogP contribution is -2.45. The van der Waals surface area contributed by atoms with Gasteiger partial charge in [0.05, 0.1) is 6.04 Å². The summed E-state index contributed by atoms with van der Waals surface area (Å²) in [4.78, 5) is 17.2. The highest BCUT2D eigenvalue weighted by molar-refractivity contribution is 6.30. The molecule has 1 fully saturated rings. The molecule has 3 aromatic carbocycles. The first kappa shape index (κ1) is 24.3. The molecule has 1 saturated heterocycles. The van der Waals surface area contributed by atoms with Crippen molar-refractivity contribution in [1.82, 2.24) is 15.1 Å². The van der Waals surface area contributed by atoms with Crippen molar-refractivity contribution < 1.29 is 4.79 Å². The Morgan fingerprint density at radius 1 is 0.941 bits per heavy atom. The summed E-state index contributed by atoms with van der Waals surface area (Å²) in [6, 6.07) is 24.6. The molecular formula is C28H33ClN4O.